The standard InChI is InChI=1S/C15H24O2S/c1-12(2)6-5-7-13(3)8-9-15-14(4)10-11-18(15,16)17/h6,8,10-11,14-15H,5,7,9H2,1-4H3/b13-8+. The van der Waals surface area contributed by atoms with E-state index in [0.717, 1.165) is 12.8 Å². The van der Waals surface area contributed by atoms with Gasteiger partial charge < -0.3 is 0 Å². The van der Waals surface area contributed by atoms with Gasteiger partial charge in [-0.25, -0.2) is 8.42 Å². The summed E-state index contributed by atoms with van der Waals surface area (Å²) in [6.45, 7) is 8.24. The van der Waals surface area contributed by atoms with Crippen molar-refractivity contribution in [3.63, 3.8) is 0 Å². The molecule has 0 aromatic rings. The van der Waals surface area contributed by atoms with Crippen molar-refractivity contribution in [2.45, 2.75) is 52.2 Å². The number of hydrogen-bond donors (Lipinski definition) is 0. The first kappa shape index (κ1) is 15.2. The third-order valence-electron chi connectivity index (χ3n) is 3.37. The lowest BCUT2D eigenvalue weighted by molar-refractivity contribution is 0.570. The molecule has 0 aromatic heterocycles. The number of rotatable bonds is 5. The van der Waals surface area contributed by atoms with E-state index in [1.54, 1.807) is 6.08 Å². The van der Waals surface area contributed by atoms with Crippen molar-refractivity contribution in [2.75, 3.05) is 0 Å². The highest BCUT2D eigenvalue weighted by molar-refractivity contribution is 7.95. The minimum atomic E-state index is -3.00. The molecule has 0 radical (unpaired) electrons. The van der Waals surface area contributed by atoms with Crippen molar-refractivity contribution in [2.24, 2.45) is 5.92 Å². The van der Waals surface area contributed by atoms with Gasteiger partial charge in [0.2, 0.25) is 0 Å². The maximum Gasteiger partial charge on any atom is 0.175 e. The lowest BCUT2D eigenvalue weighted by atomic mass is 10.0. The van der Waals surface area contributed by atoms with Crippen LogP contribution in [0.3, 0.4) is 0 Å². The van der Waals surface area contributed by atoms with Crippen molar-refractivity contribution < 1.29 is 8.42 Å². The topological polar surface area (TPSA) is 34.1 Å². The van der Waals surface area contributed by atoms with Crippen LogP contribution in [0.2, 0.25) is 0 Å². The van der Waals surface area contributed by atoms with Crippen LogP contribution < -0.4 is 0 Å². The zero-order valence-corrected chi connectivity index (χ0v) is 12.6. The first-order chi connectivity index (χ1) is 8.33. The van der Waals surface area contributed by atoms with Gasteiger partial charge in [0, 0.05) is 5.41 Å². The first-order valence-corrected chi connectivity index (χ1v) is 8.15. The van der Waals surface area contributed by atoms with Gasteiger partial charge in [-0.1, -0.05) is 36.3 Å². The summed E-state index contributed by atoms with van der Waals surface area (Å²) in [5.41, 5.74) is 2.61. The summed E-state index contributed by atoms with van der Waals surface area (Å²) in [4.78, 5) is 0. The van der Waals surface area contributed by atoms with Gasteiger partial charge in [0.15, 0.2) is 9.84 Å². The van der Waals surface area contributed by atoms with Gasteiger partial charge in [0.25, 0.3) is 0 Å². The molecule has 1 aliphatic heterocycles. The van der Waals surface area contributed by atoms with Crippen LogP contribution in [0.4, 0.5) is 0 Å². The molecule has 102 valence electrons. The minimum Gasteiger partial charge on any atom is -0.224 e. The number of sulfone groups is 1. The van der Waals surface area contributed by atoms with Crippen molar-refractivity contribution in [1.82, 2.24) is 0 Å². The third-order valence-corrected chi connectivity index (χ3v) is 5.37. The Hall–Kier alpha value is -0.830. The van der Waals surface area contributed by atoms with Gasteiger partial charge >= 0.3 is 0 Å². The Balaban J connectivity index is 2.51. The summed E-state index contributed by atoms with van der Waals surface area (Å²) in [6, 6.07) is 0. The van der Waals surface area contributed by atoms with Crippen LogP contribution in [0.15, 0.2) is 34.8 Å². The van der Waals surface area contributed by atoms with Crippen LogP contribution in [0.5, 0.6) is 0 Å². The summed E-state index contributed by atoms with van der Waals surface area (Å²) < 4.78 is 23.5. The Bertz CT molecular complexity index is 463. The Labute approximate surface area is 111 Å². The molecule has 2 nitrogen and oxygen atoms in total. The maximum atomic E-state index is 11.8. The van der Waals surface area contributed by atoms with Gasteiger partial charge in [-0.2, -0.15) is 0 Å². The molecule has 18 heavy (non-hydrogen) atoms. The van der Waals surface area contributed by atoms with Gasteiger partial charge in [-0.05, 0) is 46.0 Å². The van der Waals surface area contributed by atoms with Crippen LogP contribution >= 0.6 is 0 Å². The Morgan fingerprint density at radius 2 is 1.89 bits per heavy atom. The van der Waals surface area contributed by atoms with Crippen LogP contribution in [-0.2, 0) is 9.84 Å². The van der Waals surface area contributed by atoms with E-state index in [-0.39, 0.29) is 11.2 Å². The lowest BCUT2D eigenvalue weighted by Crippen LogP contribution is -2.19. The highest BCUT2D eigenvalue weighted by Gasteiger charge is 2.31. The van der Waals surface area contributed by atoms with E-state index >= 15 is 0 Å². The molecule has 1 aliphatic rings. The van der Waals surface area contributed by atoms with Crippen molar-refractivity contribution >= 4 is 9.84 Å². The van der Waals surface area contributed by atoms with E-state index in [2.05, 4.69) is 32.9 Å². The average Bonchev–Trinajstić information content (AvgIpc) is 2.50. The molecule has 0 fully saturated rings. The van der Waals surface area contributed by atoms with Crippen LogP contribution in [0.1, 0.15) is 47.0 Å². The second-order valence-electron chi connectivity index (χ2n) is 5.42. The molecule has 0 amide bonds. The Morgan fingerprint density at radius 1 is 1.22 bits per heavy atom. The SMILES string of the molecule is CC(C)=CCC/C(C)=C/CC1C(C)C=CS1(=O)=O. The highest BCUT2D eigenvalue weighted by Crippen LogP contribution is 2.27. The predicted molar refractivity (Wildman–Crippen MR) is 78.1 cm³/mol. The van der Waals surface area contributed by atoms with Gasteiger partial charge in [-0.3, -0.25) is 0 Å². The zero-order chi connectivity index (χ0) is 13.8. The first-order valence-electron chi connectivity index (χ1n) is 6.54. The predicted octanol–water partition coefficient (Wildman–Crippen LogP) is 4.02. The fourth-order valence-electron chi connectivity index (χ4n) is 2.11. The molecule has 0 aromatic carbocycles. The number of hydrogen-bond acceptors (Lipinski definition) is 2. The average molecular weight is 268 g/mol. The van der Waals surface area contributed by atoms with Gasteiger partial charge in [-0.15, -0.1) is 0 Å². The summed E-state index contributed by atoms with van der Waals surface area (Å²) in [7, 11) is -3.00. The Kier molecular flexibility index (Phi) is 5.39. The number of allylic oxidation sites excluding steroid dienone is 5. The molecule has 0 N–H and O–H groups in total. The molecule has 0 aliphatic carbocycles. The quantitative estimate of drug-likeness (QED) is 0.706. The van der Waals surface area contributed by atoms with E-state index in [1.165, 1.54) is 16.6 Å². The van der Waals surface area contributed by atoms with Crippen molar-refractivity contribution in [1.29, 1.82) is 0 Å². The summed E-state index contributed by atoms with van der Waals surface area (Å²) >= 11 is 0. The molecule has 1 heterocycles. The molecule has 1 rings (SSSR count). The third kappa shape index (κ3) is 4.45. The second-order valence-corrected chi connectivity index (χ2v) is 7.48. The Morgan fingerprint density at radius 3 is 2.39 bits per heavy atom. The van der Waals surface area contributed by atoms with E-state index in [1.807, 2.05) is 6.92 Å². The summed E-state index contributed by atoms with van der Waals surface area (Å²) in [6.07, 6.45) is 8.79. The molecular weight excluding hydrogens is 244 g/mol. The molecule has 2 unspecified atom stereocenters. The maximum absolute atomic E-state index is 11.8. The largest absolute Gasteiger partial charge is 0.224 e. The van der Waals surface area contributed by atoms with Crippen LogP contribution in [0.25, 0.3) is 0 Å². The summed E-state index contributed by atoms with van der Waals surface area (Å²) in [5.74, 6) is 0.136. The van der Waals surface area contributed by atoms with E-state index in [4.69, 9.17) is 0 Å². The molecular formula is C15H24O2S. The molecule has 2 atom stereocenters. The van der Waals surface area contributed by atoms with Crippen molar-refractivity contribution in [3.8, 4) is 0 Å². The molecule has 0 saturated heterocycles. The van der Waals surface area contributed by atoms with Crippen molar-refractivity contribution in [3.05, 3.63) is 34.8 Å². The summed E-state index contributed by atoms with van der Waals surface area (Å²) in [5, 5.41) is 1.12. The normalized spacial score (nSPS) is 26.3. The second kappa shape index (κ2) is 6.37. The molecule has 0 bridgehead atoms. The van der Waals surface area contributed by atoms with Gasteiger partial charge in [0.1, 0.15) is 0 Å². The molecule has 0 spiro atoms. The van der Waals surface area contributed by atoms with E-state index in [9.17, 15) is 8.42 Å². The lowest BCUT2D eigenvalue weighted by Gasteiger charge is -2.12. The van der Waals surface area contributed by atoms with E-state index < -0.39 is 9.84 Å². The van der Waals surface area contributed by atoms with Gasteiger partial charge in [0.05, 0.1) is 5.25 Å². The zero-order valence-electron chi connectivity index (χ0n) is 11.8. The monoisotopic (exact) mass is 268 g/mol. The fourth-order valence-corrected chi connectivity index (χ4v) is 3.84. The van der Waals surface area contributed by atoms with E-state index in [0.29, 0.717) is 6.42 Å². The molecule has 0 saturated carbocycles. The van der Waals surface area contributed by atoms with Crippen LogP contribution in [0, 0.1) is 5.92 Å². The molecule has 3 heteroatoms. The minimum absolute atomic E-state index is 0.136. The fraction of sp³-hybridized carbons (Fsp3) is 0.600. The van der Waals surface area contributed by atoms with Crippen LogP contribution in [-0.4, -0.2) is 13.7 Å². The highest BCUT2D eigenvalue weighted by atomic mass is 32.2. The smallest absolute Gasteiger partial charge is 0.175 e.